The number of halogens is 1. The molecule has 1 amide bonds. The predicted molar refractivity (Wildman–Crippen MR) is 76.5 cm³/mol. The van der Waals surface area contributed by atoms with Crippen molar-refractivity contribution in [2.75, 3.05) is 13.1 Å². The van der Waals surface area contributed by atoms with Gasteiger partial charge in [-0.3, -0.25) is 4.79 Å². The van der Waals surface area contributed by atoms with Crippen molar-refractivity contribution < 1.29 is 9.32 Å². The molecule has 0 spiro atoms. The molecule has 1 aliphatic rings. The van der Waals surface area contributed by atoms with Crippen LogP contribution in [-0.4, -0.2) is 29.1 Å². The van der Waals surface area contributed by atoms with Crippen molar-refractivity contribution in [1.82, 2.24) is 10.1 Å². The molecule has 1 aromatic heterocycles. The highest BCUT2D eigenvalue weighted by Gasteiger charge is 2.19. The predicted octanol–water partition coefficient (Wildman–Crippen LogP) is 3.16. The van der Waals surface area contributed by atoms with Crippen LogP contribution in [0.3, 0.4) is 0 Å². The Morgan fingerprint density at radius 3 is 2.65 bits per heavy atom. The van der Waals surface area contributed by atoms with Gasteiger partial charge in [-0.15, -0.1) is 0 Å². The number of amides is 1. The molecule has 1 aliphatic heterocycles. The lowest BCUT2D eigenvalue weighted by Gasteiger charge is -2.13. The summed E-state index contributed by atoms with van der Waals surface area (Å²) in [6, 6.07) is 9.16. The van der Waals surface area contributed by atoms with Gasteiger partial charge in [0.05, 0.1) is 12.1 Å². The summed E-state index contributed by atoms with van der Waals surface area (Å²) in [5, 5.41) is 4.65. The Bertz CT molecular complexity index is 601. The van der Waals surface area contributed by atoms with Crippen molar-refractivity contribution in [3.8, 4) is 11.3 Å². The van der Waals surface area contributed by atoms with Crippen LogP contribution in [0.25, 0.3) is 11.3 Å². The van der Waals surface area contributed by atoms with E-state index in [1.165, 1.54) is 0 Å². The summed E-state index contributed by atoms with van der Waals surface area (Å²) in [4.78, 5) is 13.9. The summed E-state index contributed by atoms with van der Waals surface area (Å²) in [5.41, 5.74) is 1.58. The van der Waals surface area contributed by atoms with Gasteiger partial charge in [0.25, 0.3) is 0 Å². The van der Waals surface area contributed by atoms with E-state index in [9.17, 15) is 4.79 Å². The highest BCUT2D eigenvalue weighted by atomic mass is 35.5. The van der Waals surface area contributed by atoms with E-state index in [1.54, 1.807) is 12.1 Å². The fourth-order valence-corrected chi connectivity index (χ4v) is 2.50. The molecule has 20 heavy (non-hydrogen) atoms. The maximum Gasteiger partial charge on any atom is 0.228 e. The molecule has 5 heteroatoms. The first-order chi connectivity index (χ1) is 9.72. The van der Waals surface area contributed by atoms with E-state index >= 15 is 0 Å². The van der Waals surface area contributed by atoms with Gasteiger partial charge in [-0.1, -0.05) is 16.8 Å². The molecular formula is C15H15ClN2O2. The lowest BCUT2D eigenvalue weighted by Crippen LogP contribution is -2.29. The van der Waals surface area contributed by atoms with Gasteiger partial charge in [0.15, 0.2) is 5.76 Å². The van der Waals surface area contributed by atoms with Crippen molar-refractivity contribution in [3.05, 3.63) is 41.0 Å². The fourth-order valence-electron chi connectivity index (χ4n) is 2.38. The number of aromatic nitrogens is 1. The van der Waals surface area contributed by atoms with E-state index in [2.05, 4.69) is 5.16 Å². The second-order valence-electron chi connectivity index (χ2n) is 4.95. The van der Waals surface area contributed by atoms with Crippen molar-refractivity contribution in [2.45, 2.75) is 19.3 Å². The first-order valence-electron chi connectivity index (χ1n) is 6.72. The molecule has 3 rings (SSSR count). The summed E-state index contributed by atoms with van der Waals surface area (Å²) in [6.45, 7) is 1.72. The van der Waals surface area contributed by atoms with Gasteiger partial charge in [-0.05, 0) is 37.1 Å². The molecule has 0 atom stereocenters. The van der Waals surface area contributed by atoms with Crippen LogP contribution in [-0.2, 0) is 11.2 Å². The Labute approximate surface area is 122 Å². The Kier molecular flexibility index (Phi) is 3.74. The van der Waals surface area contributed by atoms with E-state index in [0.29, 0.717) is 22.9 Å². The number of likely N-dealkylation sites (tertiary alicyclic amines) is 1. The normalized spacial score (nSPS) is 14.8. The maximum atomic E-state index is 12.0. The summed E-state index contributed by atoms with van der Waals surface area (Å²) in [7, 11) is 0. The zero-order valence-electron chi connectivity index (χ0n) is 11.0. The van der Waals surface area contributed by atoms with Crippen molar-refractivity contribution in [1.29, 1.82) is 0 Å². The van der Waals surface area contributed by atoms with E-state index < -0.39 is 0 Å². The van der Waals surface area contributed by atoms with Gasteiger partial charge >= 0.3 is 0 Å². The Balaban J connectivity index is 1.70. The quantitative estimate of drug-likeness (QED) is 0.872. The second-order valence-corrected chi connectivity index (χ2v) is 5.39. The lowest BCUT2D eigenvalue weighted by molar-refractivity contribution is -0.129. The van der Waals surface area contributed by atoms with E-state index in [0.717, 1.165) is 31.5 Å². The molecule has 1 aromatic carbocycles. The van der Waals surface area contributed by atoms with Crippen LogP contribution < -0.4 is 0 Å². The topological polar surface area (TPSA) is 46.3 Å². The van der Waals surface area contributed by atoms with E-state index in [-0.39, 0.29) is 5.91 Å². The minimum Gasteiger partial charge on any atom is -0.356 e. The van der Waals surface area contributed by atoms with Crippen LogP contribution in [0.4, 0.5) is 0 Å². The number of carbonyl (C=O) groups is 1. The molecule has 1 saturated heterocycles. The highest BCUT2D eigenvalue weighted by Crippen LogP contribution is 2.22. The number of rotatable bonds is 3. The van der Waals surface area contributed by atoms with Crippen LogP contribution >= 0.6 is 11.6 Å². The summed E-state index contributed by atoms with van der Waals surface area (Å²) in [6.07, 6.45) is 2.50. The van der Waals surface area contributed by atoms with Crippen LogP contribution in [0.15, 0.2) is 34.9 Å². The molecule has 2 aromatic rings. The van der Waals surface area contributed by atoms with Gasteiger partial charge in [-0.25, -0.2) is 0 Å². The van der Waals surface area contributed by atoms with E-state index in [4.69, 9.17) is 16.1 Å². The molecule has 0 aliphatic carbocycles. The van der Waals surface area contributed by atoms with Gasteiger partial charge < -0.3 is 9.42 Å². The Morgan fingerprint density at radius 2 is 1.95 bits per heavy atom. The molecule has 2 heterocycles. The molecule has 0 unspecified atom stereocenters. The Hall–Kier alpha value is -1.81. The smallest absolute Gasteiger partial charge is 0.228 e. The van der Waals surface area contributed by atoms with E-state index in [1.807, 2.05) is 23.1 Å². The van der Waals surface area contributed by atoms with Crippen LogP contribution in [0.1, 0.15) is 18.5 Å². The first kappa shape index (κ1) is 13.2. The average molecular weight is 291 g/mol. The third-order valence-electron chi connectivity index (χ3n) is 3.48. The van der Waals surface area contributed by atoms with Crippen molar-refractivity contribution in [3.63, 3.8) is 0 Å². The largest absolute Gasteiger partial charge is 0.356 e. The summed E-state index contributed by atoms with van der Waals surface area (Å²) < 4.78 is 5.29. The summed E-state index contributed by atoms with van der Waals surface area (Å²) in [5.74, 6) is 0.782. The third kappa shape index (κ3) is 2.85. The number of nitrogens with zero attached hydrogens (tertiary/aromatic N) is 2. The zero-order valence-corrected chi connectivity index (χ0v) is 11.8. The molecule has 4 nitrogen and oxygen atoms in total. The monoisotopic (exact) mass is 290 g/mol. The van der Waals surface area contributed by atoms with Crippen LogP contribution in [0.5, 0.6) is 0 Å². The summed E-state index contributed by atoms with van der Waals surface area (Å²) >= 11 is 5.85. The van der Waals surface area contributed by atoms with Crippen molar-refractivity contribution >= 4 is 17.5 Å². The SMILES string of the molecule is O=C(Cc1cc(-c2ccc(Cl)cc2)on1)N1CCCC1. The lowest BCUT2D eigenvalue weighted by atomic mass is 10.1. The standard InChI is InChI=1S/C15H15ClN2O2/c16-12-5-3-11(4-6-12)14-9-13(17-20-14)10-15(19)18-7-1-2-8-18/h3-6,9H,1-2,7-8,10H2. The minimum atomic E-state index is 0.124. The average Bonchev–Trinajstić information content (AvgIpc) is 3.10. The Morgan fingerprint density at radius 1 is 1.25 bits per heavy atom. The first-order valence-corrected chi connectivity index (χ1v) is 7.09. The molecule has 0 N–H and O–H groups in total. The van der Waals surface area contributed by atoms with Gasteiger partial charge in [0.1, 0.15) is 0 Å². The van der Waals surface area contributed by atoms with Gasteiger partial charge in [0.2, 0.25) is 5.91 Å². The minimum absolute atomic E-state index is 0.124. The molecule has 0 saturated carbocycles. The fraction of sp³-hybridized carbons (Fsp3) is 0.333. The van der Waals surface area contributed by atoms with Gasteiger partial charge in [-0.2, -0.15) is 0 Å². The number of hydrogen-bond acceptors (Lipinski definition) is 3. The van der Waals surface area contributed by atoms with Crippen molar-refractivity contribution in [2.24, 2.45) is 0 Å². The van der Waals surface area contributed by atoms with Gasteiger partial charge in [0, 0.05) is 29.7 Å². The van der Waals surface area contributed by atoms with Crippen LogP contribution in [0, 0.1) is 0 Å². The molecular weight excluding hydrogens is 276 g/mol. The number of hydrogen-bond donors (Lipinski definition) is 0. The maximum absolute atomic E-state index is 12.0. The molecule has 0 bridgehead atoms. The molecule has 1 fully saturated rings. The second kappa shape index (κ2) is 5.67. The number of benzene rings is 1. The third-order valence-corrected chi connectivity index (χ3v) is 3.73. The zero-order chi connectivity index (χ0) is 13.9. The number of carbonyl (C=O) groups excluding carboxylic acids is 1. The van der Waals surface area contributed by atoms with Crippen LogP contribution in [0.2, 0.25) is 5.02 Å². The molecule has 0 radical (unpaired) electrons. The molecule has 104 valence electrons. The highest BCUT2D eigenvalue weighted by molar-refractivity contribution is 6.30.